The van der Waals surface area contributed by atoms with Gasteiger partial charge in [-0.25, -0.2) is 0 Å². The van der Waals surface area contributed by atoms with Crippen LogP contribution < -0.4 is 10.2 Å². The maximum atomic E-state index is 12.3. The predicted molar refractivity (Wildman–Crippen MR) is 86.6 cm³/mol. The zero-order valence-corrected chi connectivity index (χ0v) is 13.1. The number of hydrogen-bond donors (Lipinski definition) is 1. The molecule has 0 bridgehead atoms. The van der Waals surface area contributed by atoms with Crippen molar-refractivity contribution in [2.24, 2.45) is 5.92 Å². The molecule has 4 nitrogen and oxygen atoms in total. The minimum absolute atomic E-state index is 0.0244. The maximum absolute atomic E-state index is 12.3. The summed E-state index contributed by atoms with van der Waals surface area (Å²) < 4.78 is 0. The molecule has 2 atom stereocenters. The third-order valence-electron chi connectivity index (χ3n) is 4.82. The lowest BCUT2D eigenvalue weighted by Gasteiger charge is -2.27. The van der Waals surface area contributed by atoms with Crippen molar-refractivity contribution in [2.75, 3.05) is 18.0 Å². The molecule has 1 saturated heterocycles. The third kappa shape index (κ3) is 2.94. The summed E-state index contributed by atoms with van der Waals surface area (Å²) in [6.07, 6.45) is 5.73. The molecule has 0 aromatic heterocycles. The number of aryl methyl sites for hydroxylation is 2. The van der Waals surface area contributed by atoms with Gasteiger partial charge >= 0.3 is 0 Å². The normalized spacial score (nSPS) is 23.7. The summed E-state index contributed by atoms with van der Waals surface area (Å²) >= 11 is 0. The van der Waals surface area contributed by atoms with E-state index in [0.717, 1.165) is 25.1 Å². The first-order valence-corrected chi connectivity index (χ1v) is 8.22. The molecule has 116 valence electrons. The summed E-state index contributed by atoms with van der Waals surface area (Å²) in [5.41, 5.74) is 4.06. The van der Waals surface area contributed by atoms with E-state index in [1.807, 2.05) is 6.07 Å². The number of hydrogen-bond acceptors (Lipinski definition) is 3. The molecule has 0 spiro atoms. The Balaban J connectivity index is 1.82. The standard InChI is InChI=1S/C18H23N3O/c1-13-10-17(18(22)20-9-8-19)21(12-13)16-7-6-14-4-2-3-5-15(14)11-16/h6-7,11,13,17H,2-5,9-10,12H2,1H3,(H,20,22)/t13-,17-/m0/s1. The molecule has 0 unspecified atom stereocenters. The molecule has 1 aliphatic carbocycles. The monoisotopic (exact) mass is 297 g/mol. The maximum Gasteiger partial charge on any atom is 0.243 e. The van der Waals surface area contributed by atoms with Crippen LogP contribution in [0.1, 0.15) is 37.3 Å². The summed E-state index contributed by atoms with van der Waals surface area (Å²) in [5, 5.41) is 11.4. The molecule has 1 aromatic carbocycles. The van der Waals surface area contributed by atoms with E-state index in [0.29, 0.717) is 5.92 Å². The minimum Gasteiger partial charge on any atom is -0.359 e. The highest BCUT2D eigenvalue weighted by molar-refractivity contribution is 5.86. The molecule has 0 saturated carbocycles. The summed E-state index contributed by atoms with van der Waals surface area (Å²) in [6.45, 7) is 3.17. The highest BCUT2D eigenvalue weighted by atomic mass is 16.2. The largest absolute Gasteiger partial charge is 0.359 e. The Kier molecular flexibility index (Phi) is 4.33. The van der Waals surface area contributed by atoms with Gasteiger partial charge in [0.1, 0.15) is 12.6 Å². The first-order valence-electron chi connectivity index (χ1n) is 8.22. The fourth-order valence-electron chi connectivity index (χ4n) is 3.72. The molecule has 4 heteroatoms. The SMILES string of the molecule is C[C@H]1C[C@@H](C(=O)NCC#N)N(c2ccc3c(c2)CCCC3)C1. The van der Waals surface area contributed by atoms with Gasteiger partial charge in [0.05, 0.1) is 6.07 Å². The number of benzene rings is 1. The number of fused-ring (bicyclic) bond motifs is 1. The molecule has 1 heterocycles. The van der Waals surface area contributed by atoms with Gasteiger partial charge < -0.3 is 10.2 Å². The molecule has 1 amide bonds. The summed E-state index contributed by atoms with van der Waals surface area (Å²) in [4.78, 5) is 14.5. The van der Waals surface area contributed by atoms with Gasteiger partial charge in [-0.15, -0.1) is 0 Å². The summed E-state index contributed by atoms with van der Waals surface area (Å²) in [5.74, 6) is 0.470. The van der Waals surface area contributed by atoms with Gasteiger partial charge in [0.15, 0.2) is 0 Å². The molecular formula is C18H23N3O. The van der Waals surface area contributed by atoms with Crippen LogP contribution >= 0.6 is 0 Å². The Morgan fingerprint density at radius 2 is 2.14 bits per heavy atom. The van der Waals surface area contributed by atoms with Crippen LogP contribution in [-0.2, 0) is 17.6 Å². The molecule has 1 fully saturated rings. The zero-order valence-electron chi connectivity index (χ0n) is 13.1. The Bertz CT molecular complexity index is 605. The lowest BCUT2D eigenvalue weighted by molar-refractivity contribution is -0.122. The average Bonchev–Trinajstić information content (AvgIpc) is 2.94. The van der Waals surface area contributed by atoms with Crippen LogP contribution in [0.25, 0.3) is 0 Å². The van der Waals surface area contributed by atoms with Gasteiger partial charge in [0.2, 0.25) is 5.91 Å². The number of amides is 1. The van der Waals surface area contributed by atoms with Crippen LogP contribution in [0.3, 0.4) is 0 Å². The van der Waals surface area contributed by atoms with Crippen molar-refractivity contribution in [1.29, 1.82) is 5.26 Å². The van der Waals surface area contributed by atoms with Crippen LogP contribution in [0.15, 0.2) is 18.2 Å². The van der Waals surface area contributed by atoms with E-state index >= 15 is 0 Å². The number of nitrogens with one attached hydrogen (secondary N) is 1. The Morgan fingerprint density at radius 3 is 2.91 bits per heavy atom. The number of carbonyl (C=O) groups excluding carboxylic acids is 1. The number of rotatable bonds is 3. The van der Waals surface area contributed by atoms with Crippen molar-refractivity contribution in [1.82, 2.24) is 5.32 Å². The fraction of sp³-hybridized carbons (Fsp3) is 0.556. The average molecular weight is 297 g/mol. The van der Waals surface area contributed by atoms with Crippen LogP contribution in [0.5, 0.6) is 0 Å². The van der Waals surface area contributed by atoms with Gasteiger partial charge in [-0.05, 0) is 61.3 Å². The van der Waals surface area contributed by atoms with Crippen molar-refractivity contribution in [3.63, 3.8) is 0 Å². The molecule has 22 heavy (non-hydrogen) atoms. The molecule has 1 N–H and O–H groups in total. The van der Waals surface area contributed by atoms with Crippen molar-refractivity contribution < 1.29 is 4.79 Å². The van der Waals surface area contributed by atoms with Gasteiger partial charge in [-0.2, -0.15) is 5.26 Å². The van der Waals surface area contributed by atoms with Crippen molar-refractivity contribution in [2.45, 2.75) is 45.1 Å². The van der Waals surface area contributed by atoms with E-state index in [9.17, 15) is 4.79 Å². The Hall–Kier alpha value is -2.02. The second-order valence-electron chi connectivity index (χ2n) is 6.55. The van der Waals surface area contributed by atoms with Crippen molar-refractivity contribution >= 4 is 11.6 Å². The lowest BCUT2D eigenvalue weighted by Crippen LogP contribution is -2.43. The molecule has 3 rings (SSSR count). The fourth-order valence-corrected chi connectivity index (χ4v) is 3.72. The highest BCUT2D eigenvalue weighted by Crippen LogP contribution is 2.32. The van der Waals surface area contributed by atoms with Crippen LogP contribution in [0.4, 0.5) is 5.69 Å². The minimum atomic E-state index is -0.148. The van der Waals surface area contributed by atoms with Gasteiger partial charge in [-0.1, -0.05) is 13.0 Å². The van der Waals surface area contributed by atoms with Gasteiger partial charge in [-0.3, -0.25) is 4.79 Å². The first-order chi connectivity index (χ1) is 10.7. The second kappa shape index (κ2) is 6.39. The van der Waals surface area contributed by atoms with Crippen LogP contribution in [-0.4, -0.2) is 25.0 Å². The number of nitrogens with zero attached hydrogens (tertiary/aromatic N) is 2. The highest BCUT2D eigenvalue weighted by Gasteiger charge is 2.35. The van der Waals surface area contributed by atoms with E-state index in [-0.39, 0.29) is 18.5 Å². The Labute approximate surface area is 132 Å². The van der Waals surface area contributed by atoms with Crippen LogP contribution in [0.2, 0.25) is 0 Å². The second-order valence-corrected chi connectivity index (χ2v) is 6.55. The zero-order chi connectivity index (χ0) is 15.5. The lowest BCUT2D eigenvalue weighted by atomic mass is 9.91. The molecular weight excluding hydrogens is 274 g/mol. The number of nitriles is 1. The molecule has 2 aliphatic rings. The van der Waals surface area contributed by atoms with E-state index in [1.165, 1.54) is 30.4 Å². The Morgan fingerprint density at radius 1 is 1.36 bits per heavy atom. The van der Waals surface area contributed by atoms with E-state index in [2.05, 4.69) is 35.3 Å². The number of carbonyl (C=O) groups is 1. The van der Waals surface area contributed by atoms with E-state index in [1.54, 1.807) is 0 Å². The van der Waals surface area contributed by atoms with Crippen molar-refractivity contribution in [3.05, 3.63) is 29.3 Å². The smallest absolute Gasteiger partial charge is 0.243 e. The van der Waals surface area contributed by atoms with E-state index in [4.69, 9.17) is 5.26 Å². The quantitative estimate of drug-likeness (QED) is 0.872. The summed E-state index contributed by atoms with van der Waals surface area (Å²) in [7, 11) is 0. The van der Waals surface area contributed by atoms with E-state index < -0.39 is 0 Å². The van der Waals surface area contributed by atoms with Crippen molar-refractivity contribution in [3.8, 4) is 6.07 Å². The molecule has 0 radical (unpaired) electrons. The topological polar surface area (TPSA) is 56.1 Å². The molecule has 1 aliphatic heterocycles. The van der Waals surface area contributed by atoms with Crippen LogP contribution in [0, 0.1) is 17.2 Å². The van der Waals surface area contributed by atoms with Gasteiger partial charge in [0.25, 0.3) is 0 Å². The van der Waals surface area contributed by atoms with Gasteiger partial charge in [0, 0.05) is 12.2 Å². The molecule has 1 aromatic rings. The third-order valence-corrected chi connectivity index (χ3v) is 4.82. The first kappa shape index (κ1) is 14.9. The number of anilines is 1. The predicted octanol–water partition coefficient (Wildman–Crippen LogP) is 2.42. The summed E-state index contributed by atoms with van der Waals surface area (Å²) in [6, 6.07) is 8.50.